The van der Waals surface area contributed by atoms with Gasteiger partial charge in [0.2, 0.25) is 0 Å². The van der Waals surface area contributed by atoms with Crippen molar-refractivity contribution < 1.29 is 18.3 Å². The molecule has 0 bridgehead atoms. The number of β-amino-alcohol motifs (C(OH)–C–C–N with tert-alkyl or cyclic N) is 1. The van der Waals surface area contributed by atoms with Gasteiger partial charge in [-0.15, -0.1) is 0 Å². The van der Waals surface area contributed by atoms with Crippen molar-refractivity contribution in [1.82, 2.24) is 9.88 Å². The van der Waals surface area contributed by atoms with Gasteiger partial charge in [0.25, 0.3) is 0 Å². The summed E-state index contributed by atoms with van der Waals surface area (Å²) in [5.41, 5.74) is -1.52. The van der Waals surface area contributed by atoms with Crippen LogP contribution in [0.15, 0.2) is 18.3 Å². The normalized spacial score (nSPS) is 21.2. The van der Waals surface area contributed by atoms with Crippen LogP contribution in [-0.4, -0.2) is 52.8 Å². The lowest BCUT2D eigenvalue weighted by atomic mass is 10.1. The number of hydrogen-bond donors (Lipinski definition) is 1. The molecule has 0 aromatic carbocycles. The molecule has 0 spiro atoms. The van der Waals surface area contributed by atoms with Crippen LogP contribution in [0.3, 0.4) is 0 Å². The topological polar surface area (TPSA) is 39.6 Å². The Bertz CT molecular complexity index is 513. The number of nitrogens with zero attached hydrogens (tertiary/aromatic N) is 3. The van der Waals surface area contributed by atoms with E-state index in [0.29, 0.717) is 26.2 Å². The third-order valence-electron chi connectivity index (χ3n) is 3.75. The zero-order valence-electron chi connectivity index (χ0n) is 13.1. The Morgan fingerprint density at radius 2 is 2.00 bits per heavy atom. The summed E-state index contributed by atoms with van der Waals surface area (Å²) in [4.78, 5) is 7.71. The highest BCUT2D eigenvalue weighted by atomic mass is 19.4. The van der Waals surface area contributed by atoms with Crippen LogP contribution in [0.25, 0.3) is 0 Å². The van der Waals surface area contributed by atoms with Gasteiger partial charge in [-0.1, -0.05) is 0 Å². The Morgan fingerprint density at radius 3 is 2.55 bits per heavy atom. The molecule has 0 radical (unpaired) electrons. The highest BCUT2D eigenvalue weighted by Crippen LogP contribution is 2.35. The average Bonchev–Trinajstić information content (AvgIpc) is 2.39. The van der Waals surface area contributed by atoms with Crippen molar-refractivity contribution in [3.05, 3.63) is 23.9 Å². The summed E-state index contributed by atoms with van der Waals surface area (Å²) in [7, 11) is 0. The van der Waals surface area contributed by atoms with Crippen molar-refractivity contribution in [3.63, 3.8) is 0 Å². The quantitative estimate of drug-likeness (QED) is 0.929. The molecule has 1 aromatic rings. The van der Waals surface area contributed by atoms with Crippen LogP contribution in [-0.2, 0) is 6.18 Å². The van der Waals surface area contributed by atoms with Crippen molar-refractivity contribution in [2.75, 3.05) is 31.1 Å². The molecular weight excluding hydrogens is 295 g/mol. The van der Waals surface area contributed by atoms with Crippen LogP contribution >= 0.6 is 0 Å². The van der Waals surface area contributed by atoms with Crippen molar-refractivity contribution in [3.8, 4) is 0 Å². The van der Waals surface area contributed by atoms with E-state index in [2.05, 4.69) is 9.88 Å². The van der Waals surface area contributed by atoms with Crippen LogP contribution in [0.2, 0.25) is 0 Å². The molecule has 2 rings (SSSR count). The van der Waals surface area contributed by atoms with E-state index >= 15 is 0 Å². The average molecular weight is 317 g/mol. The predicted molar refractivity (Wildman–Crippen MR) is 78.8 cm³/mol. The minimum atomic E-state index is -4.41. The first-order chi connectivity index (χ1) is 10.1. The van der Waals surface area contributed by atoms with Gasteiger partial charge in [0, 0.05) is 38.4 Å². The van der Waals surface area contributed by atoms with Gasteiger partial charge in [-0.2, -0.15) is 13.2 Å². The number of rotatable bonds is 3. The Kier molecular flexibility index (Phi) is 4.67. The van der Waals surface area contributed by atoms with Gasteiger partial charge in [-0.25, -0.2) is 4.98 Å². The molecule has 1 aromatic heterocycles. The van der Waals surface area contributed by atoms with E-state index in [0.717, 1.165) is 6.07 Å². The highest BCUT2D eigenvalue weighted by molar-refractivity contribution is 5.49. The van der Waals surface area contributed by atoms with Crippen LogP contribution < -0.4 is 4.90 Å². The number of pyridine rings is 1. The van der Waals surface area contributed by atoms with E-state index in [9.17, 15) is 18.3 Å². The monoisotopic (exact) mass is 317 g/mol. The molecule has 0 aliphatic carbocycles. The van der Waals surface area contributed by atoms with E-state index in [1.807, 2.05) is 6.92 Å². The predicted octanol–water partition coefficient (Wildman–Crippen LogP) is 2.38. The smallest absolute Gasteiger partial charge is 0.389 e. The molecule has 0 saturated carbocycles. The molecule has 124 valence electrons. The number of halogens is 3. The Balaban J connectivity index is 2.14. The minimum Gasteiger partial charge on any atom is -0.389 e. The summed E-state index contributed by atoms with van der Waals surface area (Å²) in [6.07, 6.45) is -3.02. The minimum absolute atomic E-state index is 0.00948. The molecule has 1 aliphatic heterocycles. The van der Waals surface area contributed by atoms with Gasteiger partial charge in [-0.3, -0.25) is 4.90 Å². The Hall–Kier alpha value is -1.34. The van der Waals surface area contributed by atoms with Gasteiger partial charge in [0.05, 0.1) is 11.2 Å². The van der Waals surface area contributed by atoms with Crippen molar-refractivity contribution in [2.45, 2.75) is 38.6 Å². The molecule has 2 heterocycles. The second-order valence-electron chi connectivity index (χ2n) is 6.45. The maximum atomic E-state index is 13.1. The number of alkyl halides is 3. The lowest BCUT2D eigenvalue weighted by molar-refractivity contribution is -0.137. The third-order valence-corrected chi connectivity index (χ3v) is 3.75. The zero-order chi connectivity index (χ0) is 16.5. The standard InChI is InChI=1S/C15H22F3N3O/c1-11-9-20(7-8-21(11)10-14(2,3)22)13-12(15(16,17)18)5-4-6-19-13/h4-6,11,22H,7-10H2,1-3H3. The second-order valence-corrected chi connectivity index (χ2v) is 6.45. The van der Waals surface area contributed by atoms with Crippen molar-refractivity contribution >= 4 is 5.82 Å². The lowest BCUT2D eigenvalue weighted by Gasteiger charge is -2.42. The maximum Gasteiger partial charge on any atom is 0.419 e. The largest absolute Gasteiger partial charge is 0.419 e. The van der Waals surface area contributed by atoms with E-state index in [1.54, 1.807) is 18.7 Å². The lowest BCUT2D eigenvalue weighted by Crippen LogP contribution is -2.55. The molecule has 1 N–H and O–H groups in total. The van der Waals surface area contributed by atoms with Crippen LogP contribution in [0.4, 0.5) is 19.0 Å². The molecular formula is C15H22F3N3O. The molecule has 7 heteroatoms. The Labute approximate surface area is 128 Å². The molecule has 1 saturated heterocycles. The summed E-state index contributed by atoms with van der Waals surface area (Å²) in [5.74, 6) is -0.00948. The van der Waals surface area contributed by atoms with Crippen LogP contribution in [0.5, 0.6) is 0 Å². The number of anilines is 1. The van der Waals surface area contributed by atoms with Gasteiger partial charge in [0.1, 0.15) is 5.82 Å². The van der Waals surface area contributed by atoms with Gasteiger partial charge < -0.3 is 10.0 Å². The maximum absolute atomic E-state index is 13.1. The summed E-state index contributed by atoms with van der Waals surface area (Å²) >= 11 is 0. The number of aromatic nitrogens is 1. The second kappa shape index (κ2) is 6.04. The first-order valence-corrected chi connectivity index (χ1v) is 7.31. The molecule has 1 unspecified atom stereocenters. The van der Waals surface area contributed by atoms with E-state index in [1.165, 1.54) is 12.3 Å². The van der Waals surface area contributed by atoms with Gasteiger partial charge in [-0.05, 0) is 32.9 Å². The van der Waals surface area contributed by atoms with E-state index < -0.39 is 17.3 Å². The Morgan fingerprint density at radius 1 is 1.32 bits per heavy atom. The van der Waals surface area contributed by atoms with Crippen molar-refractivity contribution in [2.24, 2.45) is 0 Å². The fourth-order valence-electron chi connectivity index (χ4n) is 2.79. The summed E-state index contributed by atoms with van der Waals surface area (Å²) in [6.45, 7) is 7.42. The SMILES string of the molecule is CC1CN(c2ncccc2C(F)(F)F)CCN1CC(C)(C)O. The van der Waals surface area contributed by atoms with E-state index in [4.69, 9.17) is 0 Å². The number of aliphatic hydroxyl groups is 1. The van der Waals surface area contributed by atoms with Crippen molar-refractivity contribution in [1.29, 1.82) is 0 Å². The summed E-state index contributed by atoms with van der Waals surface area (Å²) < 4.78 is 39.3. The number of piperazine rings is 1. The molecule has 1 aliphatic rings. The van der Waals surface area contributed by atoms with Crippen LogP contribution in [0, 0.1) is 0 Å². The summed E-state index contributed by atoms with van der Waals surface area (Å²) in [6, 6.07) is 2.42. The first-order valence-electron chi connectivity index (χ1n) is 7.31. The molecule has 4 nitrogen and oxygen atoms in total. The molecule has 1 fully saturated rings. The molecule has 22 heavy (non-hydrogen) atoms. The molecule has 0 amide bonds. The highest BCUT2D eigenvalue weighted by Gasteiger charge is 2.37. The van der Waals surface area contributed by atoms with Gasteiger partial charge >= 0.3 is 6.18 Å². The fourth-order valence-corrected chi connectivity index (χ4v) is 2.79. The molecule has 1 atom stereocenters. The summed E-state index contributed by atoms with van der Waals surface area (Å²) in [5, 5.41) is 9.91. The number of hydrogen-bond acceptors (Lipinski definition) is 4. The van der Waals surface area contributed by atoms with Gasteiger partial charge in [0.15, 0.2) is 0 Å². The first kappa shape index (κ1) is 17.0. The fraction of sp³-hybridized carbons (Fsp3) is 0.667. The van der Waals surface area contributed by atoms with E-state index in [-0.39, 0.29) is 11.9 Å². The van der Waals surface area contributed by atoms with Crippen LogP contribution in [0.1, 0.15) is 26.3 Å². The third kappa shape index (κ3) is 4.10. The zero-order valence-corrected chi connectivity index (χ0v) is 13.1.